The topological polar surface area (TPSA) is 193 Å². The first-order valence-corrected chi connectivity index (χ1v) is 10.4. The van der Waals surface area contributed by atoms with Crippen molar-refractivity contribution >= 4 is 24.9 Å². The van der Waals surface area contributed by atoms with Gasteiger partial charge in [-0.15, -0.1) is 0 Å². The highest BCUT2D eigenvalue weighted by atomic mass is 31.2. The highest BCUT2D eigenvalue weighted by Gasteiger charge is 2.46. The first-order chi connectivity index (χ1) is 14.3. The molecule has 162 valence electrons. The molecular formula is C15H20N7O7P. The molecule has 0 amide bonds. The van der Waals surface area contributed by atoms with Crippen molar-refractivity contribution in [3.8, 4) is 0 Å². The molecule has 3 aromatic heterocycles. The number of aromatic nitrogens is 6. The van der Waals surface area contributed by atoms with Gasteiger partial charge >= 0.3 is 7.75 Å². The second kappa shape index (κ2) is 7.91. The quantitative estimate of drug-likeness (QED) is 0.332. The van der Waals surface area contributed by atoms with Crippen LogP contribution in [0.4, 0.5) is 5.95 Å². The van der Waals surface area contributed by atoms with E-state index in [-0.39, 0.29) is 30.3 Å². The van der Waals surface area contributed by atoms with Crippen LogP contribution >= 0.6 is 7.75 Å². The van der Waals surface area contributed by atoms with Gasteiger partial charge in [0.15, 0.2) is 17.4 Å². The number of imidazole rings is 2. The zero-order valence-electron chi connectivity index (χ0n) is 15.7. The van der Waals surface area contributed by atoms with Crippen LogP contribution in [0.15, 0.2) is 29.8 Å². The van der Waals surface area contributed by atoms with Gasteiger partial charge in [0.05, 0.1) is 25.6 Å². The molecule has 4 heterocycles. The number of hydrogen-bond donors (Lipinski definition) is 4. The minimum absolute atomic E-state index is 0.0305. The summed E-state index contributed by atoms with van der Waals surface area (Å²) < 4.78 is 31.0. The van der Waals surface area contributed by atoms with E-state index in [4.69, 9.17) is 19.7 Å². The number of methoxy groups -OCH3 is 1. The monoisotopic (exact) mass is 441 g/mol. The third-order valence-electron chi connectivity index (χ3n) is 4.80. The van der Waals surface area contributed by atoms with E-state index < -0.39 is 37.7 Å². The van der Waals surface area contributed by atoms with Crippen LogP contribution in [0.25, 0.3) is 11.2 Å². The van der Waals surface area contributed by atoms with E-state index in [9.17, 15) is 19.4 Å². The summed E-state index contributed by atoms with van der Waals surface area (Å²) in [5, 5.41) is 10.8. The molecule has 1 fully saturated rings. The van der Waals surface area contributed by atoms with Gasteiger partial charge in [0.2, 0.25) is 5.95 Å². The smallest absolute Gasteiger partial charge is 0.388 e. The molecule has 0 spiro atoms. The summed E-state index contributed by atoms with van der Waals surface area (Å²) in [6, 6.07) is 0. The van der Waals surface area contributed by atoms with Crippen LogP contribution in [0.5, 0.6) is 0 Å². The Morgan fingerprint density at radius 1 is 1.40 bits per heavy atom. The van der Waals surface area contributed by atoms with Crippen molar-refractivity contribution in [2.45, 2.75) is 18.4 Å². The summed E-state index contributed by atoms with van der Waals surface area (Å²) in [6.07, 6.45) is 2.20. The molecule has 1 saturated heterocycles. The van der Waals surface area contributed by atoms with Crippen LogP contribution in [-0.4, -0.2) is 71.4 Å². The molecule has 0 saturated carbocycles. The fourth-order valence-corrected chi connectivity index (χ4v) is 4.24. The Morgan fingerprint density at radius 3 is 2.90 bits per heavy atom. The van der Waals surface area contributed by atoms with Crippen LogP contribution in [-0.2, 0) is 18.6 Å². The second-order valence-electron chi connectivity index (χ2n) is 6.68. The summed E-state index contributed by atoms with van der Waals surface area (Å²) in [4.78, 5) is 36.2. The lowest BCUT2D eigenvalue weighted by molar-refractivity contribution is -0.0477. The lowest BCUT2D eigenvalue weighted by atomic mass is 9.99. The summed E-state index contributed by atoms with van der Waals surface area (Å²) in [5.74, 6) is -0.712. The van der Waals surface area contributed by atoms with Gasteiger partial charge in [-0.3, -0.25) is 18.9 Å². The normalized spacial score (nSPS) is 26.2. The number of nitrogen functional groups attached to an aromatic ring is 1. The van der Waals surface area contributed by atoms with Gasteiger partial charge in [-0.1, -0.05) is 0 Å². The van der Waals surface area contributed by atoms with Crippen molar-refractivity contribution in [3.63, 3.8) is 0 Å². The molecular weight excluding hydrogens is 421 g/mol. The third kappa shape index (κ3) is 3.64. The van der Waals surface area contributed by atoms with E-state index >= 15 is 0 Å². The molecule has 0 aliphatic carbocycles. The molecule has 5 N–H and O–H groups in total. The number of H-pyrrole nitrogens is 1. The molecule has 1 aliphatic heterocycles. The minimum atomic E-state index is -4.19. The molecule has 1 aliphatic rings. The zero-order valence-corrected chi connectivity index (χ0v) is 16.6. The number of anilines is 1. The zero-order chi connectivity index (χ0) is 21.5. The van der Waals surface area contributed by atoms with Crippen molar-refractivity contribution in [2.24, 2.45) is 5.92 Å². The van der Waals surface area contributed by atoms with E-state index in [1.54, 1.807) is 0 Å². The van der Waals surface area contributed by atoms with Gasteiger partial charge in [0.25, 0.3) is 5.56 Å². The first-order valence-electron chi connectivity index (χ1n) is 8.82. The Balaban J connectivity index is 1.60. The van der Waals surface area contributed by atoms with Crippen LogP contribution in [0.3, 0.4) is 0 Å². The number of fused-ring (bicyclic) bond motifs is 1. The lowest BCUT2D eigenvalue weighted by Gasteiger charge is -2.20. The molecule has 0 bridgehead atoms. The van der Waals surface area contributed by atoms with Gasteiger partial charge in [-0.25, -0.2) is 18.9 Å². The molecule has 4 rings (SSSR count). The van der Waals surface area contributed by atoms with E-state index in [0.717, 1.165) is 10.7 Å². The van der Waals surface area contributed by atoms with Crippen molar-refractivity contribution in [1.29, 1.82) is 0 Å². The predicted molar refractivity (Wildman–Crippen MR) is 101 cm³/mol. The number of hydrogen-bond acceptors (Lipinski definition) is 10. The van der Waals surface area contributed by atoms with E-state index in [1.807, 2.05) is 0 Å². The Hall–Kier alpha value is -2.61. The molecule has 30 heavy (non-hydrogen) atoms. The highest BCUT2D eigenvalue weighted by molar-refractivity contribution is 7.51. The average molecular weight is 441 g/mol. The molecule has 0 aromatic carbocycles. The number of aromatic amines is 1. The number of nitrogens with one attached hydrogen (secondary N) is 1. The number of ether oxygens (including phenoxy) is 2. The maximum absolute atomic E-state index is 12.4. The predicted octanol–water partition coefficient (Wildman–Crippen LogP) is -0.915. The van der Waals surface area contributed by atoms with E-state index in [2.05, 4.69) is 19.9 Å². The van der Waals surface area contributed by atoms with Gasteiger partial charge in [0.1, 0.15) is 12.4 Å². The van der Waals surface area contributed by atoms with Gasteiger partial charge in [0, 0.05) is 25.4 Å². The highest BCUT2D eigenvalue weighted by Crippen LogP contribution is 2.45. The van der Waals surface area contributed by atoms with Gasteiger partial charge < -0.3 is 25.2 Å². The standard InChI is InChI=1S/C15H20N7O7P/c1-27-4-8-9(5-28-30(25,26)21-3-2-17-6-21)29-14(11(8)23)22-7-18-10-12(22)19-15(16)20-13(10)24/h2-3,6-9,11,14,23H,4-5H2,1H3,(H,25,26)(H3,16,19,20,24)/t8-,9-,11-,14-/m1/s1. The first kappa shape index (κ1) is 20.7. The van der Waals surface area contributed by atoms with Crippen LogP contribution in [0, 0.1) is 5.92 Å². The Kier molecular flexibility index (Phi) is 5.44. The number of rotatable bonds is 7. The fraction of sp³-hybridized carbons (Fsp3) is 0.467. The number of nitrogens with zero attached hydrogens (tertiary/aromatic N) is 5. The summed E-state index contributed by atoms with van der Waals surface area (Å²) >= 11 is 0. The maximum Gasteiger partial charge on any atom is 0.437 e. The largest absolute Gasteiger partial charge is 0.437 e. The third-order valence-corrected chi connectivity index (χ3v) is 6.10. The van der Waals surface area contributed by atoms with Crippen LogP contribution < -0.4 is 11.3 Å². The van der Waals surface area contributed by atoms with Crippen molar-refractivity contribution in [2.75, 3.05) is 26.1 Å². The molecule has 1 unspecified atom stereocenters. The summed E-state index contributed by atoms with van der Waals surface area (Å²) in [6.45, 7) is -0.217. The van der Waals surface area contributed by atoms with E-state index in [1.165, 1.54) is 30.4 Å². The van der Waals surface area contributed by atoms with Crippen LogP contribution in [0.1, 0.15) is 6.23 Å². The summed E-state index contributed by atoms with van der Waals surface area (Å²) in [7, 11) is -2.74. The maximum atomic E-state index is 12.4. The Bertz CT molecular complexity index is 1130. The second-order valence-corrected chi connectivity index (χ2v) is 8.38. The van der Waals surface area contributed by atoms with Gasteiger partial charge in [-0.2, -0.15) is 4.98 Å². The van der Waals surface area contributed by atoms with Gasteiger partial charge in [-0.05, 0) is 0 Å². The van der Waals surface area contributed by atoms with Crippen molar-refractivity contribution in [1.82, 2.24) is 28.8 Å². The van der Waals surface area contributed by atoms with Crippen molar-refractivity contribution < 1.29 is 28.6 Å². The Labute approximate surface area is 168 Å². The lowest BCUT2D eigenvalue weighted by Crippen LogP contribution is -2.32. The molecule has 14 nitrogen and oxygen atoms in total. The molecule has 3 aromatic rings. The van der Waals surface area contributed by atoms with Crippen LogP contribution in [0.2, 0.25) is 0 Å². The average Bonchev–Trinajstić information content (AvgIpc) is 3.41. The number of aliphatic hydroxyl groups is 1. The summed E-state index contributed by atoms with van der Waals surface area (Å²) in [5.41, 5.74) is 5.24. The molecule has 15 heteroatoms. The number of aliphatic hydroxyl groups excluding tert-OH is 1. The van der Waals surface area contributed by atoms with E-state index in [0.29, 0.717) is 0 Å². The minimum Gasteiger partial charge on any atom is -0.388 e. The Morgan fingerprint density at radius 2 is 2.20 bits per heavy atom. The molecule has 0 radical (unpaired) electrons. The number of nitrogens with two attached hydrogens (primary N) is 1. The van der Waals surface area contributed by atoms with Crippen molar-refractivity contribution in [3.05, 3.63) is 35.4 Å². The fourth-order valence-electron chi connectivity index (χ4n) is 3.35. The SMILES string of the molecule is COC[C@H]1[C@@H](O)[C@H](n2cnc3c(=O)[nH]c(N)nc32)O[C@@H]1COP(=O)(O)n1ccnc1. The molecule has 5 atom stereocenters.